The van der Waals surface area contributed by atoms with Gasteiger partial charge in [0, 0.05) is 34.3 Å². The van der Waals surface area contributed by atoms with E-state index in [1.54, 1.807) is 6.20 Å². The SMILES string of the molecule is Nc1cnn(CCn2cc(Br)c3ccccc32)c1. The molecule has 18 heavy (non-hydrogen) atoms. The van der Waals surface area contributed by atoms with Crippen LogP contribution >= 0.6 is 15.9 Å². The maximum absolute atomic E-state index is 5.64. The fourth-order valence-electron chi connectivity index (χ4n) is 2.10. The summed E-state index contributed by atoms with van der Waals surface area (Å²) in [6.45, 7) is 1.68. The molecule has 0 saturated carbocycles. The molecule has 0 fully saturated rings. The topological polar surface area (TPSA) is 48.8 Å². The van der Waals surface area contributed by atoms with Gasteiger partial charge in [-0.3, -0.25) is 4.68 Å². The van der Waals surface area contributed by atoms with E-state index in [2.05, 4.69) is 50.0 Å². The third-order valence-corrected chi connectivity index (χ3v) is 3.60. The minimum absolute atomic E-state index is 0.702. The Bertz CT molecular complexity index is 683. The Hall–Kier alpha value is -1.75. The highest BCUT2D eigenvalue weighted by molar-refractivity contribution is 9.10. The lowest BCUT2D eigenvalue weighted by molar-refractivity contribution is 0.542. The van der Waals surface area contributed by atoms with Gasteiger partial charge in [-0.05, 0) is 22.0 Å². The minimum Gasteiger partial charge on any atom is -0.396 e. The number of nitrogens with zero attached hydrogens (tertiary/aromatic N) is 3. The highest BCUT2D eigenvalue weighted by Crippen LogP contribution is 2.25. The van der Waals surface area contributed by atoms with Crippen molar-refractivity contribution in [2.75, 3.05) is 5.73 Å². The van der Waals surface area contributed by atoms with Crippen LogP contribution in [0.15, 0.2) is 47.3 Å². The van der Waals surface area contributed by atoms with E-state index in [0.29, 0.717) is 5.69 Å². The molecule has 5 heteroatoms. The van der Waals surface area contributed by atoms with Crippen LogP contribution in [0.2, 0.25) is 0 Å². The van der Waals surface area contributed by atoms with Crippen molar-refractivity contribution in [1.82, 2.24) is 14.3 Å². The van der Waals surface area contributed by atoms with E-state index in [1.807, 2.05) is 16.9 Å². The van der Waals surface area contributed by atoms with Gasteiger partial charge in [0.1, 0.15) is 0 Å². The normalized spacial score (nSPS) is 11.2. The Kier molecular flexibility index (Phi) is 2.83. The van der Waals surface area contributed by atoms with E-state index in [1.165, 1.54) is 10.9 Å². The van der Waals surface area contributed by atoms with Crippen molar-refractivity contribution in [3.63, 3.8) is 0 Å². The summed E-state index contributed by atoms with van der Waals surface area (Å²) in [7, 11) is 0. The minimum atomic E-state index is 0.702. The molecule has 0 saturated heterocycles. The van der Waals surface area contributed by atoms with Gasteiger partial charge in [0.25, 0.3) is 0 Å². The van der Waals surface area contributed by atoms with Crippen molar-refractivity contribution >= 4 is 32.5 Å². The van der Waals surface area contributed by atoms with Gasteiger partial charge in [0.05, 0.1) is 18.4 Å². The van der Waals surface area contributed by atoms with Crippen LogP contribution in [0.25, 0.3) is 10.9 Å². The van der Waals surface area contributed by atoms with E-state index in [0.717, 1.165) is 17.6 Å². The zero-order chi connectivity index (χ0) is 12.5. The molecular formula is C13H13BrN4. The third-order valence-electron chi connectivity index (χ3n) is 2.96. The first-order chi connectivity index (χ1) is 8.74. The largest absolute Gasteiger partial charge is 0.396 e. The van der Waals surface area contributed by atoms with Crippen LogP contribution in [0.1, 0.15) is 0 Å². The predicted molar refractivity (Wildman–Crippen MR) is 76.3 cm³/mol. The van der Waals surface area contributed by atoms with Crippen molar-refractivity contribution in [3.05, 3.63) is 47.3 Å². The molecule has 92 valence electrons. The number of anilines is 1. The maximum Gasteiger partial charge on any atom is 0.0719 e. The van der Waals surface area contributed by atoms with E-state index in [9.17, 15) is 0 Å². The van der Waals surface area contributed by atoms with Crippen molar-refractivity contribution in [3.8, 4) is 0 Å². The number of fused-ring (bicyclic) bond motifs is 1. The molecule has 2 heterocycles. The second kappa shape index (κ2) is 4.49. The number of aryl methyl sites for hydroxylation is 2. The number of nitrogens with two attached hydrogens (primary N) is 1. The molecule has 3 rings (SSSR count). The molecule has 1 aromatic carbocycles. The number of para-hydroxylation sites is 1. The van der Waals surface area contributed by atoms with Crippen LogP contribution < -0.4 is 5.73 Å². The average Bonchev–Trinajstić information content (AvgIpc) is 2.92. The van der Waals surface area contributed by atoms with Crippen LogP contribution in [0, 0.1) is 0 Å². The summed E-state index contributed by atoms with van der Waals surface area (Å²) in [6.07, 6.45) is 5.63. The van der Waals surface area contributed by atoms with Gasteiger partial charge in [-0.25, -0.2) is 0 Å². The lowest BCUT2D eigenvalue weighted by Gasteiger charge is -2.05. The summed E-state index contributed by atoms with van der Waals surface area (Å²) in [6, 6.07) is 8.34. The average molecular weight is 305 g/mol. The number of aromatic nitrogens is 3. The Morgan fingerprint density at radius 3 is 2.78 bits per heavy atom. The summed E-state index contributed by atoms with van der Waals surface area (Å²) >= 11 is 3.58. The number of rotatable bonds is 3. The van der Waals surface area contributed by atoms with E-state index in [-0.39, 0.29) is 0 Å². The van der Waals surface area contributed by atoms with Gasteiger partial charge in [-0.15, -0.1) is 0 Å². The molecule has 2 aromatic heterocycles. The van der Waals surface area contributed by atoms with E-state index < -0.39 is 0 Å². The Morgan fingerprint density at radius 1 is 1.17 bits per heavy atom. The second-order valence-corrected chi connectivity index (χ2v) is 5.08. The molecule has 2 N–H and O–H groups in total. The molecule has 0 atom stereocenters. The summed E-state index contributed by atoms with van der Waals surface area (Å²) in [5.74, 6) is 0. The lowest BCUT2D eigenvalue weighted by atomic mass is 10.2. The molecule has 0 spiro atoms. The molecule has 0 unspecified atom stereocenters. The Morgan fingerprint density at radius 2 is 2.00 bits per heavy atom. The first-order valence-corrected chi connectivity index (χ1v) is 6.54. The zero-order valence-electron chi connectivity index (χ0n) is 9.75. The van der Waals surface area contributed by atoms with Gasteiger partial charge in [-0.1, -0.05) is 18.2 Å². The molecule has 0 amide bonds. The first kappa shape index (κ1) is 11.3. The van der Waals surface area contributed by atoms with Gasteiger partial charge < -0.3 is 10.3 Å². The standard InChI is InChI=1S/C13H13BrN4/c14-12-9-17(13-4-2-1-3-11(12)13)5-6-18-8-10(15)7-16-18/h1-4,7-9H,5-6,15H2. The van der Waals surface area contributed by atoms with Crippen LogP contribution in [0.5, 0.6) is 0 Å². The second-order valence-electron chi connectivity index (χ2n) is 4.22. The Balaban J connectivity index is 1.86. The smallest absolute Gasteiger partial charge is 0.0719 e. The quantitative estimate of drug-likeness (QED) is 0.809. The van der Waals surface area contributed by atoms with Crippen LogP contribution in [0.3, 0.4) is 0 Å². The molecule has 0 aliphatic heterocycles. The monoisotopic (exact) mass is 304 g/mol. The maximum atomic E-state index is 5.64. The molecular weight excluding hydrogens is 292 g/mol. The molecule has 4 nitrogen and oxygen atoms in total. The highest BCUT2D eigenvalue weighted by Gasteiger charge is 2.05. The highest BCUT2D eigenvalue weighted by atomic mass is 79.9. The fraction of sp³-hybridized carbons (Fsp3) is 0.154. The number of hydrogen-bond acceptors (Lipinski definition) is 2. The number of benzene rings is 1. The predicted octanol–water partition coefficient (Wildman–Crippen LogP) is 2.88. The summed E-state index contributed by atoms with van der Waals surface area (Å²) in [4.78, 5) is 0. The van der Waals surface area contributed by atoms with Crippen molar-refractivity contribution in [1.29, 1.82) is 0 Å². The lowest BCUT2D eigenvalue weighted by Crippen LogP contribution is -2.06. The third kappa shape index (κ3) is 2.01. The number of hydrogen-bond donors (Lipinski definition) is 1. The van der Waals surface area contributed by atoms with Crippen molar-refractivity contribution in [2.24, 2.45) is 0 Å². The zero-order valence-corrected chi connectivity index (χ0v) is 11.3. The van der Waals surface area contributed by atoms with Crippen molar-refractivity contribution in [2.45, 2.75) is 13.1 Å². The summed E-state index contributed by atoms with van der Waals surface area (Å²) in [5, 5.41) is 5.42. The molecule has 3 aromatic rings. The molecule has 0 aliphatic carbocycles. The van der Waals surface area contributed by atoms with Crippen LogP contribution in [-0.2, 0) is 13.1 Å². The summed E-state index contributed by atoms with van der Waals surface area (Å²) in [5.41, 5.74) is 7.57. The van der Waals surface area contributed by atoms with Gasteiger partial charge in [-0.2, -0.15) is 5.10 Å². The number of nitrogen functional groups attached to an aromatic ring is 1. The number of halogens is 1. The summed E-state index contributed by atoms with van der Waals surface area (Å²) < 4.78 is 5.20. The van der Waals surface area contributed by atoms with Gasteiger partial charge in [0.2, 0.25) is 0 Å². The van der Waals surface area contributed by atoms with Crippen LogP contribution in [0.4, 0.5) is 5.69 Å². The first-order valence-electron chi connectivity index (χ1n) is 5.75. The van der Waals surface area contributed by atoms with Crippen molar-refractivity contribution < 1.29 is 0 Å². The van der Waals surface area contributed by atoms with Gasteiger partial charge in [0.15, 0.2) is 0 Å². The van der Waals surface area contributed by atoms with Gasteiger partial charge >= 0.3 is 0 Å². The molecule has 0 bridgehead atoms. The molecule has 0 aliphatic rings. The van der Waals surface area contributed by atoms with E-state index >= 15 is 0 Å². The van der Waals surface area contributed by atoms with E-state index in [4.69, 9.17) is 5.73 Å². The molecule has 0 radical (unpaired) electrons. The van der Waals surface area contributed by atoms with Crippen LogP contribution in [-0.4, -0.2) is 14.3 Å². The Labute approximate surface area is 113 Å². The fourth-order valence-corrected chi connectivity index (χ4v) is 2.68.